The molecule has 0 fully saturated rings. The van der Waals surface area contributed by atoms with Gasteiger partial charge >= 0.3 is 0 Å². The summed E-state index contributed by atoms with van der Waals surface area (Å²) in [6.45, 7) is 3.76. The number of amides is 2. The average molecular weight is 429 g/mol. The van der Waals surface area contributed by atoms with E-state index in [-0.39, 0.29) is 10.5 Å². The van der Waals surface area contributed by atoms with E-state index in [0.717, 1.165) is 46.0 Å². The summed E-state index contributed by atoms with van der Waals surface area (Å²) in [5, 5.41) is 6.58. The highest BCUT2D eigenvalue weighted by atomic mass is 35.5. The molecule has 0 atom stereocenters. The first-order valence-corrected chi connectivity index (χ1v) is 10.5. The Kier molecular flexibility index (Phi) is 8.15. The zero-order chi connectivity index (χ0) is 19.1. The summed E-state index contributed by atoms with van der Waals surface area (Å²) in [5.74, 6) is 1.05. The van der Waals surface area contributed by atoms with Crippen LogP contribution in [0.2, 0.25) is 10.0 Å². The first-order valence-electron chi connectivity index (χ1n) is 7.75. The Morgan fingerprint density at radius 3 is 1.54 bits per heavy atom. The van der Waals surface area contributed by atoms with E-state index in [0.29, 0.717) is 21.6 Å². The zero-order valence-corrected chi connectivity index (χ0v) is 17.4. The van der Waals surface area contributed by atoms with Crippen molar-refractivity contribution in [2.24, 2.45) is 0 Å². The molecule has 2 N–H and O–H groups in total. The van der Waals surface area contributed by atoms with Crippen LogP contribution < -0.4 is 10.6 Å². The van der Waals surface area contributed by atoms with Crippen LogP contribution in [0.15, 0.2) is 36.4 Å². The average Bonchev–Trinajstić information content (AvgIpc) is 2.57. The molecule has 0 heterocycles. The standard InChI is InChI=1S/C18H18Cl2N2O2S2/c1-11-9-13(19)3-5-15(11)21-17(23)25-7-8-26-18(24)22-16-6-4-14(20)10-12(16)2/h3-6,9-10H,7-8H2,1-2H3,(H,21,23)(H,22,24). The number of anilines is 2. The number of aryl methyl sites for hydroxylation is 2. The summed E-state index contributed by atoms with van der Waals surface area (Å²) < 4.78 is 0. The highest BCUT2D eigenvalue weighted by Crippen LogP contribution is 2.23. The lowest BCUT2D eigenvalue weighted by Gasteiger charge is -2.09. The Bertz CT molecular complexity index is 748. The van der Waals surface area contributed by atoms with Crippen LogP contribution in [0.4, 0.5) is 21.0 Å². The molecule has 0 aromatic heterocycles. The molecule has 2 rings (SSSR count). The summed E-state index contributed by atoms with van der Waals surface area (Å²) in [7, 11) is 0. The molecule has 0 bridgehead atoms. The fourth-order valence-corrected chi connectivity index (χ4v) is 3.95. The van der Waals surface area contributed by atoms with Crippen LogP contribution in [-0.2, 0) is 0 Å². The Morgan fingerprint density at radius 1 is 0.808 bits per heavy atom. The number of thioether (sulfide) groups is 2. The molecule has 0 saturated heterocycles. The van der Waals surface area contributed by atoms with Gasteiger partial charge in [-0.05, 0) is 61.4 Å². The van der Waals surface area contributed by atoms with E-state index in [1.54, 1.807) is 36.4 Å². The van der Waals surface area contributed by atoms with Crippen LogP contribution in [-0.4, -0.2) is 22.0 Å². The predicted octanol–water partition coefficient (Wildman–Crippen LogP) is 6.84. The molecule has 138 valence electrons. The molecular weight excluding hydrogens is 411 g/mol. The second-order valence-corrected chi connectivity index (χ2v) is 8.45. The van der Waals surface area contributed by atoms with Crippen molar-refractivity contribution in [3.63, 3.8) is 0 Å². The quantitative estimate of drug-likeness (QED) is 0.511. The molecule has 0 spiro atoms. The monoisotopic (exact) mass is 428 g/mol. The highest BCUT2D eigenvalue weighted by Gasteiger charge is 2.09. The van der Waals surface area contributed by atoms with Gasteiger partial charge in [0.15, 0.2) is 0 Å². The lowest BCUT2D eigenvalue weighted by molar-refractivity contribution is 0.269. The summed E-state index contributed by atoms with van der Waals surface area (Å²) in [6, 6.07) is 10.6. The van der Waals surface area contributed by atoms with Crippen molar-refractivity contribution in [3.8, 4) is 0 Å². The van der Waals surface area contributed by atoms with Crippen LogP contribution in [0.1, 0.15) is 11.1 Å². The van der Waals surface area contributed by atoms with Crippen LogP contribution in [0.5, 0.6) is 0 Å². The van der Waals surface area contributed by atoms with Crippen LogP contribution in [0.3, 0.4) is 0 Å². The smallest absolute Gasteiger partial charge is 0.283 e. The number of halogens is 2. The Morgan fingerprint density at radius 2 is 1.19 bits per heavy atom. The SMILES string of the molecule is Cc1cc(Cl)ccc1NC(=O)SCCSC(=O)Nc1ccc(Cl)cc1C. The van der Waals surface area contributed by atoms with Gasteiger partial charge in [0.2, 0.25) is 0 Å². The van der Waals surface area contributed by atoms with Gasteiger partial charge in [0.05, 0.1) is 0 Å². The van der Waals surface area contributed by atoms with Crippen molar-refractivity contribution in [1.29, 1.82) is 0 Å². The van der Waals surface area contributed by atoms with E-state index in [1.165, 1.54) is 0 Å². The number of hydrogen-bond acceptors (Lipinski definition) is 4. The number of nitrogens with one attached hydrogen (secondary N) is 2. The Labute approximate surface area is 171 Å². The molecule has 0 unspecified atom stereocenters. The van der Waals surface area contributed by atoms with Gasteiger partial charge in [0.25, 0.3) is 10.5 Å². The molecule has 26 heavy (non-hydrogen) atoms. The van der Waals surface area contributed by atoms with Gasteiger partial charge in [-0.2, -0.15) is 0 Å². The number of hydrogen-bond donors (Lipinski definition) is 2. The van der Waals surface area contributed by atoms with Crippen molar-refractivity contribution in [2.45, 2.75) is 13.8 Å². The van der Waals surface area contributed by atoms with Gasteiger partial charge in [-0.3, -0.25) is 9.59 Å². The minimum Gasteiger partial charge on any atom is -0.317 e. The molecule has 0 radical (unpaired) electrons. The Hall–Kier alpha value is -1.34. The van der Waals surface area contributed by atoms with E-state index >= 15 is 0 Å². The summed E-state index contributed by atoms with van der Waals surface area (Å²) >= 11 is 14.1. The molecule has 2 aromatic carbocycles. The number of rotatable bonds is 5. The van der Waals surface area contributed by atoms with Gasteiger partial charge in [-0.1, -0.05) is 46.7 Å². The van der Waals surface area contributed by atoms with E-state index in [9.17, 15) is 9.59 Å². The van der Waals surface area contributed by atoms with Crippen LogP contribution >= 0.6 is 46.7 Å². The third-order valence-electron chi connectivity index (χ3n) is 3.40. The third-order valence-corrected chi connectivity index (χ3v) is 5.67. The summed E-state index contributed by atoms with van der Waals surface area (Å²) in [6.07, 6.45) is 0. The zero-order valence-electron chi connectivity index (χ0n) is 14.3. The van der Waals surface area contributed by atoms with Crippen molar-refractivity contribution < 1.29 is 9.59 Å². The van der Waals surface area contributed by atoms with Crippen LogP contribution in [0.25, 0.3) is 0 Å². The van der Waals surface area contributed by atoms with E-state index in [4.69, 9.17) is 23.2 Å². The largest absolute Gasteiger partial charge is 0.317 e. The molecule has 0 aliphatic rings. The summed E-state index contributed by atoms with van der Waals surface area (Å²) in [4.78, 5) is 23.9. The maximum Gasteiger partial charge on any atom is 0.283 e. The third kappa shape index (κ3) is 6.76. The normalized spacial score (nSPS) is 10.5. The number of benzene rings is 2. The molecule has 8 heteroatoms. The molecule has 2 amide bonds. The van der Waals surface area contributed by atoms with Crippen molar-refractivity contribution >= 4 is 68.6 Å². The second kappa shape index (κ2) is 10.1. The molecule has 2 aromatic rings. The van der Waals surface area contributed by atoms with Gasteiger partial charge < -0.3 is 10.6 Å². The maximum atomic E-state index is 12.0. The summed E-state index contributed by atoms with van der Waals surface area (Å²) in [5.41, 5.74) is 3.27. The molecule has 4 nitrogen and oxygen atoms in total. The topological polar surface area (TPSA) is 58.2 Å². The molecule has 0 saturated carbocycles. The van der Waals surface area contributed by atoms with Crippen molar-refractivity contribution in [1.82, 2.24) is 0 Å². The van der Waals surface area contributed by atoms with Gasteiger partial charge in [-0.15, -0.1) is 0 Å². The first-order chi connectivity index (χ1) is 12.3. The molecule has 0 aliphatic carbocycles. The minimum atomic E-state index is -0.162. The van der Waals surface area contributed by atoms with E-state index in [2.05, 4.69) is 10.6 Å². The maximum absolute atomic E-state index is 12.0. The van der Waals surface area contributed by atoms with Gasteiger partial charge in [-0.25, -0.2) is 0 Å². The fraction of sp³-hybridized carbons (Fsp3) is 0.222. The highest BCUT2D eigenvalue weighted by molar-refractivity contribution is 8.17. The van der Waals surface area contributed by atoms with Crippen molar-refractivity contribution in [3.05, 3.63) is 57.6 Å². The van der Waals surface area contributed by atoms with E-state index < -0.39 is 0 Å². The van der Waals surface area contributed by atoms with Gasteiger partial charge in [0.1, 0.15) is 0 Å². The van der Waals surface area contributed by atoms with E-state index in [1.807, 2.05) is 13.8 Å². The minimum absolute atomic E-state index is 0.162. The second-order valence-electron chi connectivity index (χ2n) is 5.44. The lowest BCUT2D eigenvalue weighted by Crippen LogP contribution is -2.10. The Balaban J connectivity index is 1.70. The predicted molar refractivity (Wildman–Crippen MR) is 115 cm³/mol. The van der Waals surface area contributed by atoms with Crippen molar-refractivity contribution in [2.75, 3.05) is 22.1 Å². The van der Waals surface area contributed by atoms with Gasteiger partial charge in [0, 0.05) is 32.9 Å². The fourth-order valence-electron chi connectivity index (χ4n) is 2.10. The first kappa shape index (κ1) is 21.0. The lowest BCUT2D eigenvalue weighted by atomic mass is 10.2. The number of carbonyl (C=O) groups is 2. The molecular formula is C18H18Cl2N2O2S2. The number of carbonyl (C=O) groups excluding carboxylic acids is 2. The molecule has 0 aliphatic heterocycles. The van der Waals surface area contributed by atoms with Crippen LogP contribution in [0, 0.1) is 13.8 Å².